The van der Waals surface area contributed by atoms with Gasteiger partial charge in [-0.1, -0.05) is 13.8 Å². The molecule has 1 rings (SSSR count). The van der Waals surface area contributed by atoms with E-state index in [0.717, 1.165) is 9.39 Å². The van der Waals surface area contributed by atoms with E-state index in [1.807, 2.05) is 12.1 Å². The van der Waals surface area contributed by atoms with Crippen molar-refractivity contribution in [3.63, 3.8) is 0 Å². The van der Waals surface area contributed by atoms with E-state index in [2.05, 4.69) is 46.6 Å². The van der Waals surface area contributed by atoms with Crippen molar-refractivity contribution in [3.05, 3.63) is 21.5 Å². The van der Waals surface area contributed by atoms with Crippen LogP contribution < -0.4 is 0 Å². The zero-order chi connectivity index (χ0) is 7.56. The van der Waals surface area contributed by atoms with Crippen molar-refractivity contribution in [3.8, 4) is 0 Å². The standard InChI is InChI=1S/C7H9IN2/c1-5(2)6-3-4-7(8)10-9-6/h3-5H,1-2H3. The molecule has 0 radical (unpaired) electrons. The van der Waals surface area contributed by atoms with Crippen LogP contribution in [0.4, 0.5) is 0 Å². The second-order valence-corrected chi connectivity index (χ2v) is 3.54. The number of hydrogen-bond donors (Lipinski definition) is 0. The van der Waals surface area contributed by atoms with Crippen LogP contribution in [0.5, 0.6) is 0 Å². The molecule has 0 N–H and O–H groups in total. The van der Waals surface area contributed by atoms with Crippen LogP contribution in [0.1, 0.15) is 25.5 Å². The molecule has 0 aliphatic rings. The zero-order valence-corrected chi connectivity index (χ0v) is 8.16. The molecule has 0 amide bonds. The van der Waals surface area contributed by atoms with Gasteiger partial charge in [0.1, 0.15) is 3.70 Å². The molecule has 10 heavy (non-hydrogen) atoms. The summed E-state index contributed by atoms with van der Waals surface area (Å²) in [4.78, 5) is 0. The van der Waals surface area contributed by atoms with Crippen LogP contribution in [-0.4, -0.2) is 10.2 Å². The summed E-state index contributed by atoms with van der Waals surface area (Å²) < 4.78 is 0.946. The van der Waals surface area contributed by atoms with Crippen LogP contribution in [0.15, 0.2) is 12.1 Å². The van der Waals surface area contributed by atoms with Gasteiger partial charge in [-0.05, 0) is 40.6 Å². The quantitative estimate of drug-likeness (QED) is 0.712. The maximum Gasteiger partial charge on any atom is 0.124 e. The molecule has 3 heteroatoms. The molecule has 0 spiro atoms. The summed E-state index contributed by atoms with van der Waals surface area (Å²) in [6.07, 6.45) is 0. The number of hydrogen-bond acceptors (Lipinski definition) is 2. The van der Waals surface area contributed by atoms with Crippen LogP contribution >= 0.6 is 22.6 Å². The van der Waals surface area contributed by atoms with Gasteiger partial charge in [0.15, 0.2) is 0 Å². The van der Waals surface area contributed by atoms with Gasteiger partial charge >= 0.3 is 0 Å². The van der Waals surface area contributed by atoms with Crippen molar-refractivity contribution in [2.75, 3.05) is 0 Å². The lowest BCUT2D eigenvalue weighted by Gasteiger charge is -2.00. The lowest BCUT2D eigenvalue weighted by molar-refractivity contribution is 0.779. The highest BCUT2D eigenvalue weighted by Crippen LogP contribution is 2.09. The fourth-order valence-corrected chi connectivity index (χ4v) is 0.922. The third kappa shape index (κ3) is 1.90. The van der Waals surface area contributed by atoms with Crippen molar-refractivity contribution < 1.29 is 0 Å². The van der Waals surface area contributed by atoms with E-state index in [4.69, 9.17) is 0 Å². The van der Waals surface area contributed by atoms with Gasteiger partial charge < -0.3 is 0 Å². The highest BCUT2D eigenvalue weighted by atomic mass is 127. The van der Waals surface area contributed by atoms with Crippen LogP contribution in [0.25, 0.3) is 0 Å². The number of nitrogens with zero attached hydrogens (tertiary/aromatic N) is 2. The summed E-state index contributed by atoms with van der Waals surface area (Å²) in [7, 11) is 0. The average Bonchev–Trinajstić information content (AvgIpc) is 1.88. The lowest BCUT2D eigenvalue weighted by Crippen LogP contribution is -1.95. The summed E-state index contributed by atoms with van der Waals surface area (Å²) in [6.45, 7) is 4.22. The normalized spacial score (nSPS) is 10.4. The number of rotatable bonds is 1. The second kappa shape index (κ2) is 3.27. The Labute approximate surface area is 74.2 Å². The van der Waals surface area contributed by atoms with Gasteiger partial charge in [0, 0.05) is 0 Å². The Morgan fingerprint density at radius 3 is 2.40 bits per heavy atom. The fraction of sp³-hybridized carbons (Fsp3) is 0.429. The van der Waals surface area contributed by atoms with Crippen LogP contribution in [0.2, 0.25) is 0 Å². The van der Waals surface area contributed by atoms with Gasteiger partial charge in [0.2, 0.25) is 0 Å². The molecule has 1 aromatic heterocycles. The van der Waals surface area contributed by atoms with Gasteiger partial charge in [-0.15, -0.1) is 5.10 Å². The predicted octanol–water partition coefficient (Wildman–Crippen LogP) is 2.20. The Bertz CT molecular complexity index is 205. The number of halogens is 1. The largest absolute Gasteiger partial charge is 0.154 e. The zero-order valence-electron chi connectivity index (χ0n) is 6.00. The summed E-state index contributed by atoms with van der Waals surface area (Å²) in [6, 6.07) is 3.99. The van der Waals surface area contributed by atoms with Gasteiger partial charge in [-0.2, -0.15) is 5.10 Å². The molecule has 0 saturated carbocycles. The Morgan fingerprint density at radius 1 is 1.30 bits per heavy atom. The Hall–Kier alpha value is -0.190. The predicted molar refractivity (Wildman–Crippen MR) is 48.8 cm³/mol. The van der Waals surface area contributed by atoms with E-state index in [-0.39, 0.29) is 0 Å². The Balaban J connectivity index is 2.89. The van der Waals surface area contributed by atoms with E-state index in [1.165, 1.54) is 0 Å². The summed E-state index contributed by atoms with van der Waals surface area (Å²) in [5.74, 6) is 0.476. The molecule has 0 saturated heterocycles. The molecule has 0 aromatic carbocycles. The third-order valence-electron chi connectivity index (χ3n) is 1.24. The summed E-state index contributed by atoms with van der Waals surface area (Å²) in [5, 5.41) is 7.96. The lowest BCUT2D eigenvalue weighted by atomic mass is 10.1. The molecule has 0 aliphatic heterocycles. The van der Waals surface area contributed by atoms with Gasteiger partial charge in [0.05, 0.1) is 5.69 Å². The molecular formula is C7H9IN2. The number of aromatic nitrogens is 2. The fourth-order valence-electron chi connectivity index (χ4n) is 0.634. The molecular weight excluding hydrogens is 239 g/mol. The topological polar surface area (TPSA) is 25.8 Å². The first-order valence-corrected chi connectivity index (χ1v) is 4.27. The van der Waals surface area contributed by atoms with Crippen LogP contribution in [0.3, 0.4) is 0 Å². The third-order valence-corrected chi connectivity index (χ3v) is 1.82. The molecule has 54 valence electrons. The van der Waals surface area contributed by atoms with Crippen molar-refractivity contribution in [2.45, 2.75) is 19.8 Å². The van der Waals surface area contributed by atoms with Gasteiger partial charge in [0.25, 0.3) is 0 Å². The van der Waals surface area contributed by atoms with Crippen LogP contribution in [-0.2, 0) is 0 Å². The van der Waals surface area contributed by atoms with E-state index in [0.29, 0.717) is 5.92 Å². The smallest absolute Gasteiger partial charge is 0.124 e. The van der Waals surface area contributed by atoms with Crippen LogP contribution in [0, 0.1) is 3.70 Å². The van der Waals surface area contributed by atoms with E-state index >= 15 is 0 Å². The van der Waals surface area contributed by atoms with Crippen molar-refractivity contribution in [1.29, 1.82) is 0 Å². The SMILES string of the molecule is CC(C)c1ccc(I)nn1. The first-order valence-electron chi connectivity index (χ1n) is 3.19. The van der Waals surface area contributed by atoms with Crippen molar-refractivity contribution >= 4 is 22.6 Å². The molecule has 0 atom stereocenters. The second-order valence-electron chi connectivity index (χ2n) is 2.44. The summed E-state index contributed by atoms with van der Waals surface area (Å²) in [5.41, 5.74) is 1.06. The molecule has 0 bridgehead atoms. The Morgan fingerprint density at radius 2 is 2.00 bits per heavy atom. The molecule has 1 heterocycles. The van der Waals surface area contributed by atoms with Crippen molar-refractivity contribution in [1.82, 2.24) is 10.2 Å². The maximum atomic E-state index is 4.02. The molecule has 0 fully saturated rings. The molecule has 0 unspecified atom stereocenters. The molecule has 0 aliphatic carbocycles. The van der Waals surface area contributed by atoms with E-state index in [1.54, 1.807) is 0 Å². The van der Waals surface area contributed by atoms with Gasteiger partial charge in [-0.3, -0.25) is 0 Å². The van der Waals surface area contributed by atoms with Gasteiger partial charge in [-0.25, -0.2) is 0 Å². The first-order chi connectivity index (χ1) is 4.70. The minimum absolute atomic E-state index is 0.476. The molecule has 2 nitrogen and oxygen atoms in total. The monoisotopic (exact) mass is 248 g/mol. The minimum atomic E-state index is 0.476. The Kier molecular flexibility index (Phi) is 2.59. The highest BCUT2D eigenvalue weighted by Gasteiger charge is 1.99. The van der Waals surface area contributed by atoms with E-state index < -0.39 is 0 Å². The summed E-state index contributed by atoms with van der Waals surface area (Å²) >= 11 is 2.15. The average molecular weight is 248 g/mol. The maximum absolute atomic E-state index is 4.02. The highest BCUT2D eigenvalue weighted by molar-refractivity contribution is 14.1. The first kappa shape index (κ1) is 7.91. The molecule has 1 aromatic rings. The van der Waals surface area contributed by atoms with E-state index in [9.17, 15) is 0 Å². The minimum Gasteiger partial charge on any atom is -0.154 e. The van der Waals surface area contributed by atoms with Crippen molar-refractivity contribution in [2.24, 2.45) is 0 Å².